The number of urea groups is 3. The van der Waals surface area contributed by atoms with Gasteiger partial charge in [-0.1, -0.05) is 36.0 Å². The first-order valence-electron chi connectivity index (χ1n) is 10.5. The van der Waals surface area contributed by atoms with Gasteiger partial charge >= 0.3 is 18.1 Å². The molecule has 1 fully saturated rings. The van der Waals surface area contributed by atoms with Crippen LogP contribution in [0.3, 0.4) is 0 Å². The number of carbonyl (C=O) groups is 3. The largest absolute Gasteiger partial charge is 0.351 e. The second-order valence-corrected chi connectivity index (χ2v) is 8.59. The number of fused-ring (bicyclic) bond motifs is 1. The van der Waals surface area contributed by atoms with E-state index in [0.29, 0.717) is 21.7 Å². The molecule has 2 aromatic rings. The fraction of sp³-hybridized carbons (Fsp3) is 0.273. The number of hydrogen-bond donors (Lipinski definition) is 4. The van der Waals surface area contributed by atoms with Crippen LogP contribution in [0.2, 0.25) is 10.0 Å². The Labute approximate surface area is 200 Å². The molecule has 172 valence electrons. The van der Waals surface area contributed by atoms with Gasteiger partial charge in [0.25, 0.3) is 0 Å². The van der Waals surface area contributed by atoms with E-state index in [1.54, 1.807) is 24.3 Å². The van der Waals surface area contributed by atoms with Crippen LogP contribution in [0.15, 0.2) is 53.5 Å². The van der Waals surface area contributed by atoms with Crippen molar-refractivity contribution in [3.05, 3.63) is 58.6 Å². The maximum Gasteiger partial charge on any atom is 0.338 e. The van der Waals surface area contributed by atoms with Crippen LogP contribution in [0.4, 0.5) is 25.8 Å². The molecule has 1 saturated carbocycles. The molecule has 33 heavy (non-hydrogen) atoms. The molecule has 1 aliphatic heterocycles. The Bertz CT molecular complexity index is 1070. The first-order chi connectivity index (χ1) is 15.9. The zero-order chi connectivity index (χ0) is 23.4. The zero-order valence-electron chi connectivity index (χ0n) is 17.5. The number of amides is 6. The number of hydrogen-bond acceptors (Lipinski definition) is 5. The molecule has 2 atom stereocenters. The van der Waals surface area contributed by atoms with Crippen LogP contribution < -0.4 is 26.2 Å². The molecule has 11 heteroatoms. The molecular formula is C22H22Cl2N6O3. The molecule has 1 aliphatic carbocycles. The fourth-order valence-corrected chi connectivity index (χ4v) is 4.06. The Morgan fingerprint density at radius 3 is 2.18 bits per heavy atom. The van der Waals surface area contributed by atoms with E-state index in [0.717, 1.165) is 30.6 Å². The zero-order valence-corrected chi connectivity index (χ0v) is 19.0. The van der Waals surface area contributed by atoms with Crippen molar-refractivity contribution in [2.24, 2.45) is 4.99 Å². The van der Waals surface area contributed by atoms with Crippen molar-refractivity contribution >= 4 is 58.6 Å². The predicted molar refractivity (Wildman–Crippen MR) is 128 cm³/mol. The van der Waals surface area contributed by atoms with E-state index >= 15 is 0 Å². The van der Waals surface area contributed by atoms with Crippen LogP contribution in [-0.4, -0.2) is 36.1 Å². The SMILES string of the molecule is O=C(NC(=O)N(C(=O)NC1=NC2CCCCC2N1)c1ccc(Cl)cc1)Nc1ccc(Cl)cc1. The Morgan fingerprint density at radius 1 is 0.879 bits per heavy atom. The molecule has 0 radical (unpaired) electrons. The average Bonchev–Trinajstić information content (AvgIpc) is 3.19. The van der Waals surface area contributed by atoms with Gasteiger partial charge in [-0.05, 0) is 61.4 Å². The number of benzene rings is 2. The van der Waals surface area contributed by atoms with Gasteiger partial charge in [0.1, 0.15) is 0 Å². The van der Waals surface area contributed by atoms with Crippen LogP contribution in [0.25, 0.3) is 0 Å². The second kappa shape index (κ2) is 10.1. The highest BCUT2D eigenvalue weighted by Crippen LogP contribution is 2.24. The minimum atomic E-state index is -0.947. The number of halogens is 2. The van der Waals surface area contributed by atoms with Crippen LogP contribution >= 0.6 is 23.2 Å². The van der Waals surface area contributed by atoms with E-state index in [9.17, 15) is 14.4 Å². The summed E-state index contributed by atoms with van der Waals surface area (Å²) in [4.78, 5) is 43.7. The quantitative estimate of drug-likeness (QED) is 0.489. The van der Waals surface area contributed by atoms with Crippen LogP contribution in [0.5, 0.6) is 0 Å². The number of carbonyl (C=O) groups excluding carboxylic acids is 3. The molecular weight excluding hydrogens is 467 g/mol. The van der Waals surface area contributed by atoms with E-state index in [2.05, 4.69) is 26.3 Å². The van der Waals surface area contributed by atoms with E-state index < -0.39 is 18.1 Å². The van der Waals surface area contributed by atoms with Gasteiger partial charge in [-0.3, -0.25) is 10.6 Å². The highest BCUT2D eigenvalue weighted by Gasteiger charge is 2.33. The monoisotopic (exact) mass is 488 g/mol. The van der Waals surface area contributed by atoms with Gasteiger partial charge in [-0.25, -0.2) is 24.3 Å². The summed E-state index contributed by atoms with van der Waals surface area (Å²) < 4.78 is 0. The molecule has 2 aliphatic rings. The topological polar surface area (TPSA) is 115 Å². The number of nitrogens with one attached hydrogen (secondary N) is 4. The minimum absolute atomic E-state index is 0.108. The Kier molecular flexibility index (Phi) is 7.00. The maximum atomic E-state index is 13.1. The molecule has 4 N–H and O–H groups in total. The molecule has 6 amide bonds. The second-order valence-electron chi connectivity index (χ2n) is 7.71. The maximum absolute atomic E-state index is 13.1. The summed E-state index contributed by atoms with van der Waals surface area (Å²) in [6.07, 6.45) is 4.12. The Balaban J connectivity index is 1.47. The van der Waals surface area contributed by atoms with Crippen molar-refractivity contribution in [1.82, 2.24) is 16.0 Å². The van der Waals surface area contributed by atoms with E-state index in [1.807, 2.05) is 0 Å². The normalized spacial score (nSPS) is 18.9. The highest BCUT2D eigenvalue weighted by molar-refractivity contribution is 6.31. The number of rotatable bonds is 2. The fourth-order valence-electron chi connectivity index (χ4n) is 3.80. The lowest BCUT2D eigenvalue weighted by atomic mass is 9.92. The third-order valence-corrected chi connectivity index (χ3v) is 5.89. The first-order valence-corrected chi connectivity index (χ1v) is 11.2. The van der Waals surface area contributed by atoms with Gasteiger partial charge in [0.15, 0.2) is 5.96 Å². The predicted octanol–water partition coefficient (Wildman–Crippen LogP) is 4.72. The lowest BCUT2D eigenvalue weighted by Gasteiger charge is -2.23. The minimum Gasteiger partial charge on any atom is -0.351 e. The van der Waals surface area contributed by atoms with Gasteiger partial charge in [0, 0.05) is 15.7 Å². The molecule has 0 bridgehead atoms. The van der Waals surface area contributed by atoms with Gasteiger partial charge in [0.05, 0.1) is 17.8 Å². The molecule has 4 rings (SSSR count). The summed E-state index contributed by atoms with van der Waals surface area (Å²) in [5, 5.41) is 11.5. The lowest BCUT2D eigenvalue weighted by molar-refractivity contribution is 0.232. The number of imide groups is 2. The summed E-state index contributed by atoms with van der Waals surface area (Å²) >= 11 is 11.8. The van der Waals surface area contributed by atoms with E-state index in [4.69, 9.17) is 23.2 Å². The van der Waals surface area contributed by atoms with Crippen LogP contribution in [-0.2, 0) is 0 Å². The summed E-state index contributed by atoms with van der Waals surface area (Å²) in [6, 6.07) is 10.2. The van der Waals surface area contributed by atoms with Crippen molar-refractivity contribution < 1.29 is 14.4 Å². The molecule has 9 nitrogen and oxygen atoms in total. The molecule has 0 aromatic heterocycles. The standard InChI is InChI=1S/C22H22Cl2N6O3/c23-13-5-9-15(10-6-13)25-20(31)29-22(33)30(16-11-7-14(24)8-12-16)21(32)28-19-26-17-3-1-2-4-18(17)27-19/h5-12,17-18H,1-4H2,(H2,25,29,31,33)(H2,26,27,28,32). The third-order valence-electron chi connectivity index (χ3n) is 5.39. The third kappa shape index (κ3) is 5.74. The van der Waals surface area contributed by atoms with Gasteiger partial charge in [-0.2, -0.15) is 0 Å². The Morgan fingerprint density at radius 2 is 1.52 bits per heavy atom. The lowest BCUT2D eigenvalue weighted by Crippen LogP contribution is -2.54. The van der Waals surface area contributed by atoms with E-state index in [-0.39, 0.29) is 17.8 Å². The van der Waals surface area contributed by atoms with Crippen molar-refractivity contribution in [2.45, 2.75) is 37.8 Å². The van der Waals surface area contributed by atoms with Crippen molar-refractivity contribution in [3.63, 3.8) is 0 Å². The number of anilines is 2. The number of guanidine groups is 1. The van der Waals surface area contributed by atoms with Crippen molar-refractivity contribution in [2.75, 3.05) is 10.2 Å². The average molecular weight is 489 g/mol. The van der Waals surface area contributed by atoms with Gasteiger partial charge in [-0.15, -0.1) is 0 Å². The number of nitrogens with zero attached hydrogens (tertiary/aromatic N) is 2. The Hall–Kier alpha value is -3.30. The summed E-state index contributed by atoms with van der Waals surface area (Å²) in [5.74, 6) is 0.314. The van der Waals surface area contributed by atoms with Crippen molar-refractivity contribution in [1.29, 1.82) is 0 Å². The van der Waals surface area contributed by atoms with Crippen LogP contribution in [0, 0.1) is 0 Å². The summed E-state index contributed by atoms with van der Waals surface area (Å²) in [7, 11) is 0. The summed E-state index contributed by atoms with van der Waals surface area (Å²) in [6.45, 7) is 0. The molecule has 0 saturated heterocycles. The molecule has 0 spiro atoms. The van der Waals surface area contributed by atoms with Gasteiger partial charge < -0.3 is 10.6 Å². The van der Waals surface area contributed by atoms with E-state index in [1.165, 1.54) is 24.3 Å². The van der Waals surface area contributed by atoms with Crippen molar-refractivity contribution in [3.8, 4) is 0 Å². The van der Waals surface area contributed by atoms with Crippen LogP contribution in [0.1, 0.15) is 25.7 Å². The molecule has 2 unspecified atom stereocenters. The molecule has 1 heterocycles. The highest BCUT2D eigenvalue weighted by atomic mass is 35.5. The summed E-state index contributed by atoms with van der Waals surface area (Å²) in [5.41, 5.74) is 0.656. The molecule has 2 aromatic carbocycles. The van der Waals surface area contributed by atoms with Gasteiger partial charge in [0.2, 0.25) is 0 Å². The number of aliphatic imine (C=N–C) groups is 1. The smallest absolute Gasteiger partial charge is 0.338 e. The first kappa shape index (κ1) is 22.9.